The largest absolute Gasteiger partial charge is 0.497 e. The van der Waals surface area contributed by atoms with Crippen molar-refractivity contribution in [2.45, 2.75) is 13.5 Å². The monoisotopic (exact) mass is 262 g/mol. The molecular weight excluding hydrogens is 248 g/mol. The second-order valence-corrected chi connectivity index (χ2v) is 4.10. The summed E-state index contributed by atoms with van der Waals surface area (Å²) >= 11 is 0. The third kappa shape index (κ3) is 2.52. The van der Waals surface area contributed by atoms with E-state index >= 15 is 0 Å². The van der Waals surface area contributed by atoms with Crippen molar-refractivity contribution in [1.82, 2.24) is 10.3 Å². The number of nitrogens with one attached hydrogen (secondary N) is 2. The molecule has 0 spiro atoms. The highest BCUT2D eigenvalue weighted by Crippen LogP contribution is 2.26. The Morgan fingerprint density at radius 2 is 2.16 bits per heavy atom. The van der Waals surface area contributed by atoms with Gasteiger partial charge in [0.15, 0.2) is 0 Å². The van der Waals surface area contributed by atoms with Crippen LogP contribution < -0.4 is 10.1 Å². The molecule has 6 nitrogen and oxygen atoms in total. The number of hydrogen-bond acceptors (Lipinski definition) is 3. The number of carbonyl (C=O) groups is 2. The first kappa shape index (κ1) is 12.9. The van der Waals surface area contributed by atoms with Crippen molar-refractivity contribution in [2.24, 2.45) is 0 Å². The van der Waals surface area contributed by atoms with Crippen LogP contribution in [-0.2, 0) is 11.3 Å². The molecule has 0 aliphatic rings. The van der Waals surface area contributed by atoms with Gasteiger partial charge in [0.1, 0.15) is 11.4 Å². The van der Waals surface area contributed by atoms with Gasteiger partial charge in [-0.3, -0.25) is 4.79 Å². The maximum atomic E-state index is 11.2. The Bertz CT molecular complexity index is 645. The van der Waals surface area contributed by atoms with Gasteiger partial charge in [0, 0.05) is 29.9 Å². The van der Waals surface area contributed by atoms with E-state index in [9.17, 15) is 14.7 Å². The first-order valence-corrected chi connectivity index (χ1v) is 5.69. The molecule has 2 rings (SSSR count). The normalized spacial score (nSPS) is 10.4. The molecule has 0 bridgehead atoms. The fourth-order valence-corrected chi connectivity index (χ4v) is 1.93. The molecule has 1 aromatic heterocycles. The lowest BCUT2D eigenvalue weighted by molar-refractivity contribution is -0.119. The van der Waals surface area contributed by atoms with Crippen LogP contribution in [0, 0.1) is 0 Å². The minimum Gasteiger partial charge on any atom is -0.497 e. The number of aromatic nitrogens is 1. The number of carboxylic acid groups (broad SMARTS) is 1. The van der Waals surface area contributed by atoms with Crippen molar-refractivity contribution < 1.29 is 19.4 Å². The average Bonchev–Trinajstić information content (AvgIpc) is 2.74. The fraction of sp³-hybridized carbons (Fsp3) is 0.231. The van der Waals surface area contributed by atoms with Gasteiger partial charge < -0.3 is 20.1 Å². The number of aromatic carboxylic acids is 1. The summed E-state index contributed by atoms with van der Waals surface area (Å²) in [4.78, 5) is 25.0. The van der Waals surface area contributed by atoms with E-state index in [-0.39, 0.29) is 18.1 Å². The molecule has 6 heteroatoms. The molecule has 0 aliphatic heterocycles. The van der Waals surface area contributed by atoms with Crippen molar-refractivity contribution >= 4 is 22.8 Å². The summed E-state index contributed by atoms with van der Waals surface area (Å²) in [6.07, 6.45) is 0. The van der Waals surface area contributed by atoms with Crippen LogP contribution in [0.2, 0.25) is 0 Å². The number of aromatic amines is 1. The van der Waals surface area contributed by atoms with E-state index in [0.717, 1.165) is 5.39 Å². The highest BCUT2D eigenvalue weighted by molar-refractivity contribution is 5.98. The Hall–Kier alpha value is -2.50. The van der Waals surface area contributed by atoms with Crippen LogP contribution >= 0.6 is 0 Å². The van der Waals surface area contributed by atoms with Crippen LogP contribution in [-0.4, -0.2) is 29.1 Å². The van der Waals surface area contributed by atoms with Gasteiger partial charge in [-0.25, -0.2) is 4.79 Å². The summed E-state index contributed by atoms with van der Waals surface area (Å²) in [7, 11) is 1.54. The van der Waals surface area contributed by atoms with Crippen molar-refractivity contribution in [1.29, 1.82) is 0 Å². The lowest BCUT2D eigenvalue weighted by atomic mass is 10.1. The molecule has 0 radical (unpaired) electrons. The number of carbonyl (C=O) groups excluding carboxylic acids is 1. The van der Waals surface area contributed by atoms with E-state index in [1.165, 1.54) is 6.92 Å². The number of benzene rings is 1. The molecule has 0 saturated heterocycles. The molecular formula is C13H14N2O4. The first-order chi connectivity index (χ1) is 9.02. The van der Waals surface area contributed by atoms with Gasteiger partial charge in [0.2, 0.25) is 5.91 Å². The number of rotatable bonds is 4. The number of fused-ring (bicyclic) bond motifs is 1. The van der Waals surface area contributed by atoms with Crippen molar-refractivity contribution in [2.75, 3.05) is 7.11 Å². The van der Waals surface area contributed by atoms with Gasteiger partial charge in [-0.2, -0.15) is 0 Å². The Balaban J connectivity index is 2.56. The second-order valence-electron chi connectivity index (χ2n) is 4.10. The van der Waals surface area contributed by atoms with Crippen molar-refractivity contribution in [3.8, 4) is 5.75 Å². The Kier molecular flexibility index (Phi) is 3.41. The topological polar surface area (TPSA) is 91.4 Å². The van der Waals surface area contributed by atoms with E-state index in [0.29, 0.717) is 16.8 Å². The summed E-state index contributed by atoms with van der Waals surface area (Å²) in [5, 5.41) is 12.5. The summed E-state index contributed by atoms with van der Waals surface area (Å²) in [5.74, 6) is -0.642. The van der Waals surface area contributed by atoms with Crippen LogP contribution in [0.3, 0.4) is 0 Å². The standard InChI is InChI=1S/C13H14N2O4/c1-7(16)14-6-10-9-5-8(19-2)3-4-11(9)15-12(10)13(17)18/h3-5,15H,6H2,1-2H3,(H,14,16)(H,17,18). The van der Waals surface area contributed by atoms with Crippen molar-refractivity contribution in [3.63, 3.8) is 0 Å². The van der Waals surface area contributed by atoms with Gasteiger partial charge in [-0.15, -0.1) is 0 Å². The average molecular weight is 262 g/mol. The minimum atomic E-state index is -1.06. The molecule has 1 heterocycles. The third-order valence-electron chi connectivity index (χ3n) is 2.84. The number of carboxylic acids is 1. The zero-order valence-electron chi connectivity index (χ0n) is 10.6. The molecule has 19 heavy (non-hydrogen) atoms. The smallest absolute Gasteiger partial charge is 0.352 e. The first-order valence-electron chi connectivity index (χ1n) is 5.69. The van der Waals surface area contributed by atoms with E-state index in [1.807, 2.05) is 0 Å². The van der Waals surface area contributed by atoms with Gasteiger partial charge in [0.05, 0.1) is 7.11 Å². The van der Waals surface area contributed by atoms with Crippen LogP contribution in [0.25, 0.3) is 10.9 Å². The zero-order chi connectivity index (χ0) is 14.0. The lowest BCUT2D eigenvalue weighted by Gasteiger charge is -2.04. The van der Waals surface area contributed by atoms with E-state index in [2.05, 4.69) is 10.3 Å². The van der Waals surface area contributed by atoms with Gasteiger partial charge >= 0.3 is 5.97 Å². The fourth-order valence-electron chi connectivity index (χ4n) is 1.93. The van der Waals surface area contributed by atoms with Gasteiger partial charge in [0.25, 0.3) is 0 Å². The molecule has 3 N–H and O–H groups in total. The summed E-state index contributed by atoms with van der Waals surface area (Å²) in [6.45, 7) is 1.54. The molecule has 1 amide bonds. The summed E-state index contributed by atoms with van der Waals surface area (Å²) in [6, 6.07) is 5.24. The molecule has 0 atom stereocenters. The molecule has 0 saturated carbocycles. The predicted octanol–water partition coefficient (Wildman–Crippen LogP) is 1.51. The summed E-state index contributed by atoms with van der Waals surface area (Å²) in [5.41, 5.74) is 1.31. The molecule has 0 aliphatic carbocycles. The number of ether oxygens (including phenoxy) is 1. The van der Waals surface area contributed by atoms with Crippen molar-refractivity contribution in [3.05, 3.63) is 29.5 Å². The minimum absolute atomic E-state index is 0.0806. The SMILES string of the molecule is COc1ccc2[nH]c(C(=O)O)c(CNC(C)=O)c2c1. The quantitative estimate of drug-likeness (QED) is 0.778. The van der Waals surface area contributed by atoms with Gasteiger partial charge in [-0.05, 0) is 18.2 Å². The highest BCUT2D eigenvalue weighted by Gasteiger charge is 2.17. The van der Waals surface area contributed by atoms with Gasteiger partial charge in [-0.1, -0.05) is 0 Å². The number of hydrogen-bond donors (Lipinski definition) is 3. The Morgan fingerprint density at radius 1 is 1.42 bits per heavy atom. The van der Waals surface area contributed by atoms with E-state index in [4.69, 9.17) is 4.74 Å². The maximum absolute atomic E-state index is 11.2. The second kappa shape index (κ2) is 5.01. The van der Waals surface area contributed by atoms with E-state index in [1.54, 1.807) is 25.3 Å². The third-order valence-corrected chi connectivity index (χ3v) is 2.84. The number of methoxy groups -OCH3 is 1. The molecule has 100 valence electrons. The van der Waals surface area contributed by atoms with Crippen LogP contribution in [0.5, 0.6) is 5.75 Å². The van der Waals surface area contributed by atoms with Crippen LogP contribution in [0.4, 0.5) is 0 Å². The number of H-pyrrole nitrogens is 1. The predicted molar refractivity (Wildman–Crippen MR) is 69.3 cm³/mol. The highest BCUT2D eigenvalue weighted by atomic mass is 16.5. The van der Waals surface area contributed by atoms with E-state index < -0.39 is 5.97 Å². The molecule has 1 aromatic carbocycles. The zero-order valence-corrected chi connectivity index (χ0v) is 10.6. The van der Waals surface area contributed by atoms with Crippen LogP contribution in [0.1, 0.15) is 23.0 Å². The molecule has 0 unspecified atom stereocenters. The lowest BCUT2D eigenvalue weighted by Crippen LogP contribution is -2.20. The molecule has 2 aromatic rings. The van der Waals surface area contributed by atoms with Crippen LogP contribution in [0.15, 0.2) is 18.2 Å². The Labute approximate surface area is 109 Å². The maximum Gasteiger partial charge on any atom is 0.352 e. The number of amides is 1. The molecule has 0 fully saturated rings. The Morgan fingerprint density at radius 3 is 2.74 bits per heavy atom. The summed E-state index contributed by atoms with van der Waals surface area (Å²) < 4.78 is 5.12.